The molecule has 0 bridgehead atoms. The molecule has 5 heteroatoms. The molecule has 0 aromatic rings. The van der Waals surface area contributed by atoms with E-state index in [4.69, 9.17) is 0 Å². The molecule has 0 aliphatic carbocycles. The van der Waals surface area contributed by atoms with Crippen molar-refractivity contribution in [3.05, 3.63) is 0 Å². The number of hydrogen-bond acceptors (Lipinski definition) is 4. The summed E-state index contributed by atoms with van der Waals surface area (Å²) >= 11 is 0. The summed E-state index contributed by atoms with van der Waals surface area (Å²) in [4.78, 5) is 0. The maximum Gasteiger partial charge on any atom is 0.279 e. The molecule has 2 aliphatic heterocycles. The van der Waals surface area contributed by atoms with Gasteiger partial charge in [-0.3, -0.25) is 0 Å². The van der Waals surface area contributed by atoms with E-state index < -0.39 is 8.07 Å². The predicted molar refractivity (Wildman–Crippen MR) is 34.8 cm³/mol. The van der Waals surface area contributed by atoms with Gasteiger partial charge in [-0.05, 0) is 0 Å². The molecule has 0 amide bonds. The van der Waals surface area contributed by atoms with Gasteiger partial charge < -0.3 is 0 Å². The lowest BCUT2D eigenvalue weighted by Gasteiger charge is -2.13. The molecule has 2 heterocycles. The van der Waals surface area contributed by atoms with Gasteiger partial charge in [0.15, 0.2) is 8.07 Å². The summed E-state index contributed by atoms with van der Waals surface area (Å²) in [5.74, 6) is 0. The van der Waals surface area contributed by atoms with Crippen molar-refractivity contribution in [2.45, 2.75) is 18.5 Å². The van der Waals surface area contributed by atoms with E-state index in [1.54, 1.807) is 0 Å². The van der Waals surface area contributed by atoms with Gasteiger partial charge in [0.1, 0.15) is 0 Å². The quantitative estimate of drug-likeness (QED) is 0.456. The van der Waals surface area contributed by atoms with Crippen molar-refractivity contribution in [1.82, 2.24) is 0 Å². The molecule has 0 aromatic carbocycles. The van der Waals surface area contributed by atoms with Crippen LogP contribution in [0.25, 0.3) is 0 Å². The largest absolute Gasteiger partial charge is 0.279 e. The minimum atomic E-state index is -1.32. The first kappa shape index (κ1) is 5.22. The van der Waals surface area contributed by atoms with Gasteiger partial charge in [-0.15, -0.1) is 15.3 Å². The van der Waals surface area contributed by atoms with Gasteiger partial charge in [-0.1, -0.05) is 13.1 Å². The van der Waals surface area contributed by atoms with Crippen LogP contribution in [-0.2, 0) is 0 Å². The Kier molecular flexibility index (Phi) is 0.657. The van der Waals surface area contributed by atoms with Crippen LogP contribution in [0.5, 0.6) is 0 Å². The minimum absolute atomic E-state index is 0.312. The van der Waals surface area contributed by atoms with Gasteiger partial charge in [0.05, 0.1) is 6.17 Å². The average molecular weight is 140 g/mol. The Morgan fingerprint density at radius 1 is 1.22 bits per heavy atom. The second-order valence-electron chi connectivity index (χ2n) is 3.12. The maximum absolute atomic E-state index is 3.99. The molecule has 0 radical (unpaired) electrons. The van der Waals surface area contributed by atoms with Crippen LogP contribution < -0.4 is 0 Å². The Morgan fingerprint density at radius 3 is 2.11 bits per heavy atom. The fourth-order valence-electron chi connectivity index (χ4n) is 0.910. The van der Waals surface area contributed by atoms with Crippen LogP contribution in [0.1, 0.15) is 0 Å². The fourth-order valence-corrected chi connectivity index (χ4v) is 2.48. The molecule has 9 heavy (non-hydrogen) atoms. The normalized spacial score (nSPS) is 31.8. The van der Waals surface area contributed by atoms with E-state index in [0.717, 1.165) is 6.17 Å². The summed E-state index contributed by atoms with van der Waals surface area (Å²) in [6, 6.07) is 0. The van der Waals surface area contributed by atoms with Crippen LogP contribution in [0.2, 0.25) is 13.1 Å². The highest BCUT2D eigenvalue weighted by molar-refractivity contribution is 6.81. The van der Waals surface area contributed by atoms with Crippen molar-refractivity contribution < 1.29 is 0 Å². The summed E-state index contributed by atoms with van der Waals surface area (Å²) in [5, 5.41) is 15.8. The number of azo groups is 1. The molecular weight excluding hydrogens is 132 g/mol. The van der Waals surface area contributed by atoms with Crippen molar-refractivity contribution in [3.63, 3.8) is 0 Å². The lowest BCUT2D eigenvalue weighted by atomic mass is 11.0. The summed E-state index contributed by atoms with van der Waals surface area (Å²) in [5.41, 5.74) is -0.312. The second kappa shape index (κ2) is 1.13. The summed E-state index contributed by atoms with van der Waals surface area (Å²) in [6.45, 7) is 4.43. The molecular formula is C4H8N4Si. The van der Waals surface area contributed by atoms with Crippen molar-refractivity contribution >= 4 is 8.07 Å². The van der Waals surface area contributed by atoms with Gasteiger partial charge in [0.25, 0.3) is 5.41 Å². The van der Waals surface area contributed by atoms with Crippen LogP contribution in [0.4, 0.5) is 0 Å². The third-order valence-corrected chi connectivity index (χ3v) is 4.92. The lowest BCUT2D eigenvalue weighted by Crippen LogP contribution is -2.42. The molecule has 2 rings (SSSR count). The third kappa shape index (κ3) is 0.474. The van der Waals surface area contributed by atoms with Crippen LogP contribution in [0.15, 0.2) is 20.5 Å². The smallest absolute Gasteiger partial charge is 0.193 e. The number of rotatable bonds is 0. The van der Waals surface area contributed by atoms with Crippen LogP contribution >= 0.6 is 0 Å². The lowest BCUT2D eigenvalue weighted by molar-refractivity contribution is 0.825. The first-order chi connectivity index (χ1) is 4.16. The molecule has 1 spiro atoms. The van der Waals surface area contributed by atoms with Gasteiger partial charge in [0.2, 0.25) is 0 Å². The number of nitrogens with zero attached hydrogens (tertiary/aromatic N) is 4. The molecule has 0 atom stereocenters. The Balaban J connectivity index is 2.32. The predicted octanol–water partition coefficient (Wildman–Crippen LogP) is 1.36. The third-order valence-electron chi connectivity index (χ3n) is 1.87. The van der Waals surface area contributed by atoms with Gasteiger partial charge in [-0.25, -0.2) is 0 Å². The number of hydrogen-bond donors (Lipinski definition) is 0. The van der Waals surface area contributed by atoms with E-state index in [2.05, 4.69) is 33.6 Å². The van der Waals surface area contributed by atoms with Crippen molar-refractivity contribution in [2.75, 3.05) is 6.17 Å². The van der Waals surface area contributed by atoms with E-state index in [1.807, 2.05) is 0 Å². The monoisotopic (exact) mass is 140 g/mol. The molecule has 2 aliphatic rings. The van der Waals surface area contributed by atoms with Crippen LogP contribution in [0.3, 0.4) is 0 Å². The zero-order chi connectivity index (χ0) is 6.54. The summed E-state index contributed by atoms with van der Waals surface area (Å²) in [7, 11) is -1.32. The highest BCUT2D eigenvalue weighted by atomic mass is 28.3. The average Bonchev–Trinajstić information content (AvgIpc) is 2.41. The van der Waals surface area contributed by atoms with Crippen LogP contribution in [-0.4, -0.2) is 19.7 Å². The van der Waals surface area contributed by atoms with Crippen molar-refractivity contribution in [2.24, 2.45) is 20.5 Å². The Labute approximate surface area is 54.1 Å². The van der Waals surface area contributed by atoms with Crippen LogP contribution in [0, 0.1) is 0 Å². The highest BCUT2D eigenvalue weighted by Gasteiger charge is 2.59. The van der Waals surface area contributed by atoms with E-state index in [9.17, 15) is 0 Å². The van der Waals surface area contributed by atoms with Gasteiger partial charge in [0, 0.05) is 0 Å². The maximum atomic E-state index is 3.99. The zero-order valence-corrected chi connectivity index (χ0v) is 6.50. The first-order valence-corrected chi connectivity index (χ1v) is 6.20. The molecule has 4 nitrogen and oxygen atoms in total. The van der Waals surface area contributed by atoms with Crippen molar-refractivity contribution in [1.29, 1.82) is 0 Å². The van der Waals surface area contributed by atoms with E-state index in [-0.39, 0.29) is 5.41 Å². The van der Waals surface area contributed by atoms with Crippen molar-refractivity contribution in [3.8, 4) is 0 Å². The van der Waals surface area contributed by atoms with E-state index in [1.165, 1.54) is 0 Å². The molecule has 0 N–H and O–H groups in total. The Morgan fingerprint density at radius 2 is 1.89 bits per heavy atom. The second-order valence-corrected chi connectivity index (χ2v) is 7.87. The molecule has 0 fully saturated rings. The molecule has 0 unspecified atom stereocenters. The molecule has 0 saturated carbocycles. The van der Waals surface area contributed by atoms with E-state index >= 15 is 0 Å². The Hall–Kier alpha value is -0.583. The standard InChI is InChI=1S/C4H8N4Si/c1-9(2)3-5-6-4(9)7-8-4/h3H2,1-2H3. The summed E-state index contributed by atoms with van der Waals surface area (Å²) in [6.07, 6.45) is 0.889. The fraction of sp³-hybridized carbons (Fsp3) is 1.00. The van der Waals surface area contributed by atoms with E-state index in [0.29, 0.717) is 0 Å². The molecule has 48 valence electrons. The summed E-state index contributed by atoms with van der Waals surface area (Å²) < 4.78 is 0. The first-order valence-electron chi connectivity index (χ1n) is 2.99. The van der Waals surface area contributed by atoms with Gasteiger partial charge in [-0.2, -0.15) is 5.11 Å². The van der Waals surface area contributed by atoms with Gasteiger partial charge >= 0.3 is 0 Å². The minimum Gasteiger partial charge on any atom is -0.193 e. The molecule has 0 aromatic heterocycles. The zero-order valence-electron chi connectivity index (χ0n) is 5.50. The Bertz CT molecular complexity index is 201. The highest BCUT2D eigenvalue weighted by Crippen LogP contribution is 2.42. The topological polar surface area (TPSA) is 49.4 Å². The SMILES string of the molecule is C[Si]1(C)CN=NC12N=N2. The molecule has 0 saturated heterocycles.